The van der Waals surface area contributed by atoms with Crippen molar-refractivity contribution in [3.63, 3.8) is 0 Å². The molecular weight excluding hydrogens is 284 g/mol. The fourth-order valence-electron chi connectivity index (χ4n) is 0.706. The Kier molecular flexibility index (Phi) is 5.52. The number of rotatable bonds is 2. The molecule has 1 rings (SSSR count). The highest BCUT2D eigenvalue weighted by molar-refractivity contribution is 14.0. The van der Waals surface area contributed by atoms with Gasteiger partial charge >= 0.3 is 0 Å². The summed E-state index contributed by atoms with van der Waals surface area (Å²) in [6.45, 7) is 2.10. The number of aliphatic imine (C=N–C) groups is 1. The molecule has 0 aliphatic carbocycles. The van der Waals surface area contributed by atoms with Gasteiger partial charge in [-0.2, -0.15) is 0 Å². The molecule has 13 heavy (non-hydrogen) atoms. The Morgan fingerprint density at radius 2 is 2.31 bits per heavy atom. The van der Waals surface area contributed by atoms with Gasteiger partial charge in [-0.3, -0.25) is 9.98 Å². The summed E-state index contributed by atoms with van der Waals surface area (Å²) >= 11 is 0. The van der Waals surface area contributed by atoms with Crippen LogP contribution in [0.1, 0.15) is 12.6 Å². The summed E-state index contributed by atoms with van der Waals surface area (Å²) in [5.74, 6) is 0.160. The SMILES string of the molecule is CC(N)=NCc1ccc(F)cn1.I. The lowest BCUT2D eigenvalue weighted by atomic mass is 10.3. The predicted octanol–water partition coefficient (Wildman–Crippen LogP) is 1.72. The fraction of sp³-hybridized carbons (Fsp3) is 0.250. The van der Waals surface area contributed by atoms with Crippen molar-refractivity contribution in [2.45, 2.75) is 13.5 Å². The summed E-state index contributed by atoms with van der Waals surface area (Å²) in [6.07, 6.45) is 1.16. The number of nitrogens with zero attached hydrogens (tertiary/aromatic N) is 2. The van der Waals surface area contributed by atoms with Crippen molar-refractivity contribution in [1.29, 1.82) is 0 Å². The minimum Gasteiger partial charge on any atom is -0.388 e. The van der Waals surface area contributed by atoms with Crippen LogP contribution in [0, 0.1) is 5.82 Å². The van der Waals surface area contributed by atoms with Crippen molar-refractivity contribution in [1.82, 2.24) is 4.98 Å². The number of nitrogens with two attached hydrogens (primary N) is 1. The zero-order valence-corrected chi connectivity index (χ0v) is 9.53. The van der Waals surface area contributed by atoms with E-state index < -0.39 is 0 Å². The van der Waals surface area contributed by atoms with Crippen molar-refractivity contribution in [2.75, 3.05) is 0 Å². The molecule has 0 saturated heterocycles. The third-order valence-corrected chi connectivity index (χ3v) is 1.28. The van der Waals surface area contributed by atoms with Gasteiger partial charge in [-0.25, -0.2) is 4.39 Å². The summed E-state index contributed by atoms with van der Waals surface area (Å²) < 4.78 is 12.4. The molecule has 0 bridgehead atoms. The molecule has 0 unspecified atom stereocenters. The molecule has 1 aromatic rings. The van der Waals surface area contributed by atoms with Gasteiger partial charge in [0.15, 0.2) is 0 Å². The molecule has 2 N–H and O–H groups in total. The van der Waals surface area contributed by atoms with E-state index in [2.05, 4.69) is 9.98 Å². The minimum atomic E-state index is -0.341. The molecular formula is C8H11FIN3. The maximum Gasteiger partial charge on any atom is 0.141 e. The fourth-order valence-corrected chi connectivity index (χ4v) is 0.706. The number of amidine groups is 1. The minimum absolute atomic E-state index is 0. The molecule has 0 radical (unpaired) electrons. The third-order valence-electron chi connectivity index (χ3n) is 1.28. The molecule has 0 aromatic carbocycles. The zero-order chi connectivity index (χ0) is 8.97. The molecule has 1 heterocycles. The first kappa shape index (κ1) is 12.3. The molecule has 0 atom stereocenters. The van der Waals surface area contributed by atoms with Gasteiger partial charge in [0.05, 0.1) is 24.3 Å². The largest absolute Gasteiger partial charge is 0.388 e. The first-order chi connectivity index (χ1) is 5.68. The van der Waals surface area contributed by atoms with Crippen LogP contribution in [0.4, 0.5) is 4.39 Å². The maximum absolute atomic E-state index is 12.4. The molecule has 1 aromatic heterocycles. The highest BCUT2D eigenvalue weighted by Gasteiger charge is 1.92. The van der Waals surface area contributed by atoms with Gasteiger partial charge in [0, 0.05) is 0 Å². The van der Waals surface area contributed by atoms with Crippen LogP contribution in [0.3, 0.4) is 0 Å². The van der Waals surface area contributed by atoms with Crippen LogP contribution in [-0.4, -0.2) is 10.8 Å². The second-order valence-electron chi connectivity index (χ2n) is 2.43. The summed E-state index contributed by atoms with van der Waals surface area (Å²) in [5, 5.41) is 0. The number of pyridine rings is 1. The number of hydrogen-bond acceptors (Lipinski definition) is 2. The highest BCUT2D eigenvalue weighted by atomic mass is 127. The maximum atomic E-state index is 12.4. The Hall–Kier alpha value is -0.720. The molecule has 0 spiro atoms. The van der Waals surface area contributed by atoms with Gasteiger partial charge in [0.1, 0.15) is 5.82 Å². The summed E-state index contributed by atoms with van der Waals surface area (Å²) in [5.41, 5.74) is 6.03. The van der Waals surface area contributed by atoms with Gasteiger partial charge < -0.3 is 5.73 Å². The number of halogens is 2. The standard InChI is InChI=1S/C8H10FN3.HI/c1-6(10)11-5-8-3-2-7(9)4-12-8;/h2-4H,5H2,1H3,(H2,10,11);1H. The smallest absolute Gasteiger partial charge is 0.141 e. The van der Waals surface area contributed by atoms with Gasteiger partial charge in [-0.15, -0.1) is 24.0 Å². The van der Waals surface area contributed by atoms with Crippen LogP contribution in [0.5, 0.6) is 0 Å². The van der Waals surface area contributed by atoms with Crippen molar-refractivity contribution in [2.24, 2.45) is 10.7 Å². The van der Waals surface area contributed by atoms with E-state index in [-0.39, 0.29) is 29.8 Å². The number of aromatic nitrogens is 1. The second kappa shape index (κ2) is 5.85. The van der Waals surface area contributed by atoms with Crippen LogP contribution in [0.25, 0.3) is 0 Å². The number of hydrogen-bond donors (Lipinski definition) is 1. The molecule has 0 amide bonds. The third kappa shape index (κ3) is 4.76. The van der Waals surface area contributed by atoms with E-state index >= 15 is 0 Å². The molecule has 0 fully saturated rings. The first-order valence-corrected chi connectivity index (χ1v) is 3.55. The van der Waals surface area contributed by atoms with E-state index in [1.165, 1.54) is 6.07 Å². The van der Waals surface area contributed by atoms with E-state index in [0.717, 1.165) is 6.20 Å². The lowest BCUT2D eigenvalue weighted by Crippen LogP contribution is -2.05. The van der Waals surface area contributed by atoms with Gasteiger partial charge in [-0.05, 0) is 19.1 Å². The van der Waals surface area contributed by atoms with Crippen molar-refractivity contribution < 1.29 is 4.39 Å². The Labute approximate surface area is 93.3 Å². The topological polar surface area (TPSA) is 51.3 Å². The predicted molar refractivity (Wildman–Crippen MR) is 60.6 cm³/mol. The van der Waals surface area contributed by atoms with Crippen LogP contribution in [0.15, 0.2) is 23.3 Å². The van der Waals surface area contributed by atoms with Crippen LogP contribution in [0.2, 0.25) is 0 Å². The van der Waals surface area contributed by atoms with Crippen molar-refractivity contribution in [3.05, 3.63) is 29.8 Å². The monoisotopic (exact) mass is 295 g/mol. The van der Waals surface area contributed by atoms with E-state index in [1.807, 2.05) is 0 Å². The Bertz CT molecular complexity index is 280. The summed E-state index contributed by atoms with van der Waals surface area (Å²) in [6, 6.07) is 2.94. The quantitative estimate of drug-likeness (QED) is 0.513. The lowest BCUT2D eigenvalue weighted by molar-refractivity contribution is 0.619. The van der Waals surface area contributed by atoms with Crippen molar-refractivity contribution >= 4 is 29.8 Å². The average Bonchev–Trinajstić information content (AvgIpc) is 2.03. The van der Waals surface area contributed by atoms with Crippen LogP contribution < -0.4 is 5.73 Å². The highest BCUT2D eigenvalue weighted by Crippen LogP contribution is 1.99. The van der Waals surface area contributed by atoms with Crippen molar-refractivity contribution in [3.8, 4) is 0 Å². The molecule has 3 nitrogen and oxygen atoms in total. The average molecular weight is 295 g/mol. The first-order valence-electron chi connectivity index (χ1n) is 3.55. The zero-order valence-electron chi connectivity index (χ0n) is 7.20. The molecule has 72 valence electrons. The van der Waals surface area contributed by atoms with E-state index in [9.17, 15) is 4.39 Å². The Balaban J connectivity index is 0.00000144. The van der Waals surface area contributed by atoms with E-state index in [4.69, 9.17) is 5.73 Å². The van der Waals surface area contributed by atoms with Crippen LogP contribution in [-0.2, 0) is 6.54 Å². The van der Waals surface area contributed by atoms with E-state index in [1.54, 1.807) is 13.0 Å². The van der Waals surface area contributed by atoms with Gasteiger partial charge in [0.2, 0.25) is 0 Å². The Morgan fingerprint density at radius 1 is 1.62 bits per heavy atom. The Morgan fingerprint density at radius 3 is 2.77 bits per heavy atom. The molecule has 5 heteroatoms. The normalized spacial score (nSPS) is 10.8. The summed E-state index contributed by atoms with van der Waals surface area (Å²) in [4.78, 5) is 7.75. The van der Waals surface area contributed by atoms with E-state index in [0.29, 0.717) is 18.1 Å². The lowest BCUT2D eigenvalue weighted by Gasteiger charge is -1.95. The summed E-state index contributed by atoms with van der Waals surface area (Å²) in [7, 11) is 0. The molecule has 0 saturated carbocycles. The van der Waals surface area contributed by atoms with Crippen LogP contribution >= 0.6 is 24.0 Å². The van der Waals surface area contributed by atoms with Gasteiger partial charge in [0.25, 0.3) is 0 Å². The second-order valence-corrected chi connectivity index (χ2v) is 2.43. The van der Waals surface area contributed by atoms with Gasteiger partial charge in [-0.1, -0.05) is 0 Å². The molecule has 0 aliphatic heterocycles. The molecule has 0 aliphatic rings.